The Morgan fingerprint density at radius 2 is 2.08 bits per heavy atom. The molecule has 144 valence electrons. The zero-order chi connectivity index (χ0) is 18.8. The van der Waals surface area contributed by atoms with Gasteiger partial charge in [0.2, 0.25) is 0 Å². The minimum Gasteiger partial charge on any atom is -0.388 e. The predicted octanol–water partition coefficient (Wildman–Crippen LogP) is 0.685. The lowest BCUT2D eigenvalue weighted by Crippen LogP contribution is -2.43. The maximum absolute atomic E-state index is 11.7. The first kappa shape index (κ1) is 20.2. The fraction of sp³-hybridized carbons (Fsp3) is 0.579. The van der Waals surface area contributed by atoms with Crippen molar-refractivity contribution < 1.29 is 14.6 Å². The Bertz CT molecular complexity index is 613. The van der Waals surface area contributed by atoms with Gasteiger partial charge in [0.25, 0.3) is 5.91 Å². The van der Waals surface area contributed by atoms with Crippen LogP contribution in [-0.4, -0.2) is 62.5 Å². The SMILES string of the molecule is CCNC(=NCC1(O)CCOCC1)NCCc1cccc(C(=O)NC)c1. The molecular formula is C19H30N4O3. The standard InChI is InChI=1S/C19H30N4O3/c1-3-21-18(23-14-19(25)8-11-26-12-9-19)22-10-7-15-5-4-6-16(13-15)17(24)20-2/h4-6,13,25H,3,7-12,14H2,1-2H3,(H,20,24)(H2,21,22,23). The van der Waals surface area contributed by atoms with Crippen molar-refractivity contribution >= 4 is 11.9 Å². The van der Waals surface area contributed by atoms with Gasteiger partial charge in [0, 0.05) is 51.8 Å². The van der Waals surface area contributed by atoms with Gasteiger partial charge < -0.3 is 25.8 Å². The van der Waals surface area contributed by atoms with E-state index in [1.165, 1.54) is 0 Å². The van der Waals surface area contributed by atoms with Crippen LogP contribution in [0.25, 0.3) is 0 Å². The Morgan fingerprint density at radius 3 is 2.77 bits per heavy atom. The Balaban J connectivity index is 1.88. The number of carbonyl (C=O) groups excluding carboxylic acids is 1. The smallest absolute Gasteiger partial charge is 0.251 e. The van der Waals surface area contributed by atoms with Crippen LogP contribution < -0.4 is 16.0 Å². The van der Waals surface area contributed by atoms with Crippen LogP contribution in [0.5, 0.6) is 0 Å². The Hall–Kier alpha value is -2.12. The van der Waals surface area contributed by atoms with E-state index in [1.54, 1.807) is 13.1 Å². The third-order valence-corrected chi connectivity index (χ3v) is 4.42. The first-order valence-corrected chi connectivity index (χ1v) is 9.19. The Morgan fingerprint density at radius 1 is 1.31 bits per heavy atom. The normalized spacial score (nSPS) is 16.8. The topological polar surface area (TPSA) is 95.0 Å². The summed E-state index contributed by atoms with van der Waals surface area (Å²) in [6.45, 7) is 4.96. The quantitative estimate of drug-likeness (QED) is 0.423. The number of hydrogen-bond acceptors (Lipinski definition) is 4. The van der Waals surface area contributed by atoms with E-state index in [1.807, 2.05) is 25.1 Å². The van der Waals surface area contributed by atoms with Gasteiger partial charge in [0.15, 0.2) is 5.96 Å². The molecule has 0 radical (unpaired) electrons. The minimum absolute atomic E-state index is 0.0839. The zero-order valence-electron chi connectivity index (χ0n) is 15.7. The molecule has 0 unspecified atom stereocenters. The fourth-order valence-corrected chi connectivity index (χ4v) is 2.82. The molecule has 1 aromatic carbocycles. The molecule has 7 nitrogen and oxygen atoms in total. The van der Waals surface area contributed by atoms with E-state index in [-0.39, 0.29) is 5.91 Å². The highest BCUT2D eigenvalue weighted by atomic mass is 16.5. The zero-order valence-corrected chi connectivity index (χ0v) is 15.7. The number of nitrogens with zero attached hydrogens (tertiary/aromatic N) is 1. The third-order valence-electron chi connectivity index (χ3n) is 4.42. The summed E-state index contributed by atoms with van der Waals surface area (Å²) in [7, 11) is 1.63. The molecule has 2 rings (SSSR count). The number of ether oxygens (including phenoxy) is 1. The Kier molecular flexibility index (Phi) is 7.87. The third kappa shape index (κ3) is 6.31. The predicted molar refractivity (Wildman–Crippen MR) is 103 cm³/mol. The van der Waals surface area contributed by atoms with Crippen LogP contribution >= 0.6 is 0 Å². The van der Waals surface area contributed by atoms with E-state index in [2.05, 4.69) is 20.9 Å². The first-order chi connectivity index (χ1) is 12.6. The number of benzene rings is 1. The largest absolute Gasteiger partial charge is 0.388 e. The minimum atomic E-state index is -0.775. The maximum Gasteiger partial charge on any atom is 0.251 e. The average molecular weight is 362 g/mol. The number of nitrogens with one attached hydrogen (secondary N) is 3. The molecule has 26 heavy (non-hydrogen) atoms. The van der Waals surface area contributed by atoms with E-state index >= 15 is 0 Å². The summed E-state index contributed by atoms with van der Waals surface area (Å²) in [5.74, 6) is 0.606. The summed E-state index contributed by atoms with van der Waals surface area (Å²) >= 11 is 0. The monoisotopic (exact) mass is 362 g/mol. The van der Waals surface area contributed by atoms with Crippen molar-refractivity contribution in [3.8, 4) is 0 Å². The second kappa shape index (κ2) is 10.1. The molecule has 0 aromatic heterocycles. The molecule has 1 fully saturated rings. The molecule has 1 heterocycles. The summed E-state index contributed by atoms with van der Waals surface area (Å²) in [4.78, 5) is 16.2. The van der Waals surface area contributed by atoms with Gasteiger partial charge in [-0.2, -0.15) is 0 Å². The molecule has 0 saturated carbocycles. The summed E-state index contributed by atoms with van der Waals surface area (Å²) in [5, 5.41) is 19.6. The van der Waals surface area contributed by atoms with E-state index in [0.717, 1.165) is 18.5 Å². The van der Waals surface area contributed by atoms with Gasteiger partial charge >= 0.3 is 0 Å². The van der Waals surface area contributed by atoms with Crippen molar-refractivity contribution in [1.82, 2.24) is 16.0 Å². The molecule has 0 atom stereocenters. The van der Waals surface area contributed by atoms with E-state index in [4.69, 9.17) is 4.74 Å². The second-order valence-corrected chi connectivity index (χ2v) is 6.49. The number of aliphatic imine (C=N–C) groups is 1. The van der Waals surface area contributed by atoms with Crippen molar-refractivity contribution in [3.63, 3.8) is 0 Å². The maximum atomic E-state index is 11.7. The second-order valence-electron chi connectivity index (χ2n) is 6.49. The van der Waals surface area contributed by atoms with Gasteiger partial charge in [0.05, 0.1) is 12.1 Å². The molecule has 0 spiro atoms. The number of carbonyl (C=O) groups is 1. The van der Waals surface area contributed by atoms with Crippen LogP contribution in [0.1, 0.15) is 35.7 Å². The molecule has 1 saturated heterocycles. The highest BCUT2D eigenvalue weighted by Gasteiger charge is 2.29. The highest BCUT2D eigenvalue weighted by molar-refractivity contribution is 5.94. The van der Waals surface area contributed by atoms with Crippen molar-refractivity contribution in [2.75, 3.05) is 39.9 Å². The van der Waals surface area contributed by atoms with Gasteiger partial charge in [0.1, 0.15) is 0 Å². The van der Waals surface area contributed by atoms with Gasteiger partial charge in [-0.25, -0.2) is 0 Å². The van der Waals surface area contributed by atoms with Gasteiger partial charge in [-0.3, -0.25) is 9.79 Å². The van der Waals surface area contributed by atoms with Gasteiger partial charge in [-0.05, 0) is 31.0 Å². The molecule has 1 aliphatic rings. The van der Waals surface area contributed by atoms with E-state index < -0.39 is 5.60 Å². The van der Waals surface area contributed by atoms with Gasteiger partial charge in [-0.15, -0.1) is 0 Å². The average Bonchev–Trinajstić information content (AvgIpc) is 2.66. The number of hydrogen-bond donors (Lipinski definition) is 4. The number of amides is 1. The number of rotatable bonds is 7. The lowest BCUT2D eigenvalue weighted by atomic mass is 9.95. The summed E-state index contributed by atoms with van der Waals surface area (Å²) in [6, 6.07) is 7.59. The molecule has 4 N–H and O–H groups in total. The summed E-state index contributed by atoms with van der Waals surface area (Å²) < 4.78 is 5.30. The van der Waals surface area contributed by atoms with Crippen molar-refractivity contribution in [2.24, 2.45) is 4.99 Å². The van der Waals surface area contributed by atoms with Crippen molar-refractivity contribution in [1.29, 1.82) is 0 Å². The molecule has 1 amide bonds. The number of aliphatic hydroxyl groups is 1. The fourth-order valence-electron chi connectivity index (χ4n) is 2.82. The molecule has 1 aliphatic heterocycles. The van der Waals surface area contributed by atoms with Crippen LogP contribution in [0.2, 0.25) is 0 Å². The van der Waals surface area contributed by atoms with Crippen LogP contribution in [0.3, 0.4) is 0 Å². The molecule has 1 aromatic rings. The van der Waals surface area contributed by atoms with Gasteiger partial charge in [-0.1, -0.05) is 12.1 Å². The first-order valence-electron chi connectivity index (χ1n) is 9.19. The van der Waals surface area contributed by atoms with Crippen LogP contribution in [0.4, 0.5) is 0 Å². The molecule has 0 bridgehead atoms. The Labute approximate surface area is 155 Å². The molecule has 0 aliphatic carbocycles. The molecule has 7 heteroatoms. The molecular weight excluding hydrogens is 332 g/mol. The van der Waals surface area contributed by atoms with Crippen molar-refractivity contribution in [2.45, 2.75) is 31.8 Å². The number of guanidine groups is 1. The lowest BCUT2D eigenvalue weighted by molar-refractivity contribution is -0.0566. The highest BCUT2D eigenvalue weighted by Crippen LogP contribution is 2.20. The van der Waals surface area contributed by atoms with Crippen LogP contribution in [0.15, 0.2) is 29.3 Å². The van der Waals surface area contributed by atoms with Crippen LogP contribution in [0, 0.1) is 0 Å². The van der Waals surface area contributed by atoms with E-state index in [9.17, 15) is 9.90 Å². The summed E-state index contributed by atoms with van der Waals surface area (Å²) in [6.07, 6.45) is 2.00. The van der Waals surface area contributed by atoms with Crippen molar-refractivity contribution in [3.05, 3.63) is 35.4 Å². The van der Waals surface area contributed by atoms with E-state index in [0.29, 0.717) is 50.7 Å². The lowest BCUT2D eigenvalue weighted by Gasteiger charge is -2.30. The summed E-state index contributed by atoms with van der Waals surface area (Å²) in [5.41, 5.74) is 0.965. The van der Waals surface area contributed by atoms with Crippen LogP contribution in [-0.2, 0) is 11.2 Å².